The number of carbonyl (C=O) groups is 1. The Kier molecular flexibility index (Phi) is 1.98. The van der Waals surface area contributed by atoms with Crippen LogP contribution < -0.4 is 10.6 Å². The number of aromatic nitrogens is 1. The summed E-state index contributed by atoms with van der Waals surface area (Å²) in [4.78, 5) is 17.1. The summed E-state index contributed by atoms with van der Waals surface area (Å²) in [7, 11) is 0. The van der Waals surface area contributed by atoms with Crippen LogP contribution in [0, 0.1) is 0 Å². The van der Waals surface area contributed by atoms with Gasteiger partial charge in [0.05, 0.1) is 17.9 Å². The van der Waals surface area contributed by atoms with Crippen molar-refractivity contribution in [1.82, 2.24) is 4.98 Å². The quantitative estimate of drug-likeness (QED) is 0.664. The van der Waals surface area contributed by atoms with Gasteiger partial charge in [0.1, 0.15) is 0 Å². The lowest BCUT2D eigenvalue weighted by molar-refractivity contribution is -0.118. The van der Waals surface area contributed by atoms with Crippen molar-refractivity contribution >= 4 is 11.6 Å². The van der Waals surface area contributed by atoms with Crippen LogP contribution in [0.5, 0.6) is 0 Å². The summed E-state index contributed by atoms with van der Waals surface area (Å²) in [5.74, 6) is -0.00648. The van der Waals surface area contributed by atoms with Crippen molar-refractivity contribution in [3.05, 3.63) is 24.5 Å². The molecule has 4 nitrogen and oxygen atoms in total. The second-order valence-electron chi connectivity index (χ2n) is 3.10. The van der Waals surface area contributed by atoms with Crippen LogP contribution in [0.1, 0.15) is 6.42 Å². The number of nitrogens with two attached hydrogens (primary N) is 1. The van der Waals surface area contributed by atoms with E-state index in [4.69, 9.17) is 5.73 Å². The van der Waals surface area contributed by atoms with Crippen molar-refractivity contribution in [2.75, 3.05) is 11.4 Å². The molecule has 0 aliphatic carbocycles. The van der Waals surface area contributed by atoms with Crippen molar-refractivity contribution < 1.29 is 4.79 Å². The molecule has 0 bridgehead atoms. The van der Waals surface area contributed by atoms with Crippen LogP contribution in [-0.2, 0) is 4.79 Å². The fraction of sp³-hybridized carbons (Fsp3) is 0.333. The number of nitrogens with zero attached hydrogens (tertiary/aromatic N) is 2. The molecule has 1 aromatic rings. The average Bonchev–Trinajstić information content (AvgIpc) is 2.49. The van der Waals surface area contributed by atoms with Crippen molar-refractivity contribution in [1.29, 1.82) is 0 Å². The van der Waals surface area contributed by atoms with Gasteiger partial charge in [-0.3, -0.25) is 9.78 Å². The highest BCUT2D eigenvalue weighted by molar-refractivity contribution is 5.99. The lowest BCUT2D eigenvalue weighted by Crippen LogP contribution is -2.33. The zero-order chi connectivity index (χ0) is 9.26. The Morgan fingerprint density at radius 3 is 3.00 bits per heavy atom. The SMILES string of the molecule is NC1CCN(c2cccnc2)C1=O. The average molecular weight is 177 g/mol. The second-order valence-corrected chi connectivity index (χ2v) is 3.10. The molecule has 2 heterocycles. The Labute approximate surface area is 76.4 Å². The topological polar surface area (TPSA) is 59.2 Å². The van der Waals surface area contributed by atoms with Crippen molar-refractivity contribution in [2.24, 2.45) is 5.73 Å². The van der Waals surface area contributed by atoms with Crippen molar-refractivity contribution in [2.45, 2.75) is 12.5 Å². The first-order valence-corrected chi connectivity index (χ1v) is 4.26. The maximum Gasteiger partial charge on any atom is 0.244 e. The summed E-state index contributed by atoms with van der Waals surface area (Å²) in [5, 5.41) is 0. The maximum absolute atomic E-state index is 11.5. The van der Waals surface area contributed by atoms with Gasteiger partial charge in [-0.25, -0.2) is 0 Å². The molecule has 0 spiro atoms. The van der Waals surface area contributed by atoms with Gasteiger partial charge in [-0.2, -0.15) is 0 Å². The molecule has 1 atom stereocenters. The van der Waals surface area contributed by atoms with Crippen LogP contribution in [0.25, 0.3) is 0 Å². The van der Waals surface area contributed by atoms with Gasteiger partial charge in [0.2, 0.25) is 5.91 Å². The van der Waals surface area contributed by atoms with Gasteiger partial charge in [0.25, 0.3) is 0 Å². The van der Waals surface area contributed by atoms with Gasteiger partial charge in [-0.15, -0.1) is 0 Å². The van der Waals surface area contributed by atoms with Crippen LogP contribution in [0.15, 0.2) is 24.5 Å². The third-order valence-corrected chi connectivity index (χ3v) is 2.20. The Morgan fingerprint density at radius 1 is 1.62 bits per heavy atom. The molecule has 1 aromatic heterocycles. The number of pyridine rings is 1. The summed E-state index contributed by atoms with van der Waals surface area (Å²) < 4.78 is 0. The predicted octanol–water partition coefficient (Wildman–Crippen LogP) is 0.146. The van der Waals surface area contributed by atoms with Crippen LogP contribution in [-0.4, -0.2) is 23.5 Å². The molecule has 2 rings (SSSR count). The van der Waals surface area contributed by atoms with E-state index >= 15 is 0 Å². The number of hydrogen-bond acceptors (Lipinski definition) is 3. The highest BCUT2D eigenvalue weighted by Crippen LogP contribution is 2.18. The van der Waals surface area contributed by atoms with Gasteiger partial charge >= 0.3 is 0 Å². The molecule has 1 fully saturated rings. The van der Waals surface area contributed by atoms with Crippen LogP contribution in [0.4, 0.5) is 5.69 Å². The number of anilines is 1. The number of rotatable bonds is 1. The molecule has 0 aromatic carbocycles. The molecule has 0 saturated carbocycles. The van der Waals surface area contributed by atoms with Gasteiger partial charge < -0.3 is 10.6 Å². The molecule has 1 unspecified atom stereocenters. The van der Waals surface area contributed by atoms with Gasteiger partial charge in [0, 0.05) is 12.7 Å². The minimum Gasteiger partial charge on any atom is -0.320 e. The lowest BCUT2D eigenvalue weighted by Gasteiger charge is -2.14. The van der Waals surface area contributed by atoms with Gasteiger partial charge in [0.15, 0.2) is 0 Å². The Hall–Kier alpha value is -1.42. The first-order valence-electron chi connectivity index (χ1n) is 4.26. The molecular weight excluding hydrogens is 166 g/mol. The number of carbonyl (C=O) groups excluding carboxylic acids is 1. The number of amides is 1. The van der Waals surface area contributed by atoms with Crippen molar-refractivity contribution in [3.8, 4) is 0 Å². The molecule has 4 heteroatoms. The minimum absolute atomic E-state index is 0.00648. The van der Waals surface area contributed by atoms with E-state index in [2.05, 4.69) is 4.98 Å². The molecule has 1 saturated heterocycles. The summed E-state index contributed by atoms with van der Waals surface area (Å²) in [6.45, 7) is 0.700. The molecule has 68 valence electrons. The smallest absolute Gasteiger partial charge is 0.244 e. The summed E-state index contributed by atoms with van der Waals surface area (Å²) in [6, 6.07) is 3.34. The van der Waals surface area contributed by atoms with Gasteiger partial charge in [-0.05, 0) is 18.6 Å². The van der Waals surface area contributed by atoms with E-state index in [1.54, 1.807) is 17.3 Å². The molecule has 13 heavy (non-hydrogen) atoms. The first-order chi connectivity index (χ1) is 6.29. The van der Waals surface area contributed by atoms with Crippen LogP contribution in [0.3, 0.4) is 0 Å². The third kappa shape index (κ3) is 1.40. The monoisotopic (exact) mass is 177 g/mol. The number of hydrogen-bond donors (Lipinski definition) is 1. The molecule has 1 aliphatic heterocycles. The summed E-state index contributed by atoms with van der Waals surface area (Å²) in [6.07, 6.45) is 4.09. The zero-order valence-electron chi connectivity index (χ0n) is 7.18. The van der Waals surface area contributed by atoms with E-state index in [1.165, 1.54) is 0 Å². The third-order valence-electron chi connectivity index (χ3n) is 2.20. The first kappa shape index (κ1) is 8.19. The lowest BCUT2D eigenvalue weighted by atomic mass is 10.3. The van der Waals surface area contributed by atoms with E-state index in [-0.39, 0.29) is 11.9 Å². The van der Waals surface area contributed by atoms with E-state index in [0.717, 1.165) is 12.1 Å². The fourth-order valence-corrected chi connectivity index (χ4v) is 1.47. The van der Waals surface area contributed by atoms with Crippen LogP contribution in [0.2, 0.25) is 0 Å². The predicted molar refractivity (Wildman–Crippen MR) is 49.2 cm³/mol. The van der Waals surface area contributed by atoms with E-state index < -0.39 is 0 Å². The minimum atomic E-state index is -0.333. The largest absolute Gasteiger partial charge is 0.320 e. The molecule has 1 amide bonds. The second kappa shape index (κ2) is 3.14. The normalized spacial score (nSPS) is 22.4. The molecular formula is C9H11N3O. The van der Waals surface area contributed by atoms with Gasteiger partial charge in [-0.1, -0.05) is 0 Å². The fourth-order valence-electron chi connectivity index (χ4n) is 1.47. The van der Waals surface area contributed by atoms with E-state index in [1.807, 2.05) is 12.1 Å². The highest BCUT2D eigenvalue weighted by Gasteiger charge is 2.29. The highest BCUT2D eigenvalue weighted by atomic mass is 16.2. The van der Waals surface area contributed by atoms with E-state index in [9.17, 15) is 4.79 Å². The Bertz CT molecular complexity index is 312. The maximum atomic E-state index is 11.5. The molecule has 0 radical (unpaired) electrons. The molecule has 2 N–H and O–H groups in total. The Morgan fingerprint density at radius 2 is 2.46 bits per heavy atom. The Balaban J connectivity index is 2.24. The van der Waals surface area contributed by atoms with Crippen LogP contribution >= 0.6 is 0 Å². The molecule has 1 aliphatic rings. The summed E-state index contributed by atoms with van der Waals surface area (Å²) >= 11 is 0. The van der Waals surface area contributed by atoms with E-state index in [0.29, 0.717) is 6.54 Å². The summed E-state index contributed by atoms with van der Waals surface area (Å²) in [5.41, 5.74) is 6.43. The van der Waals surface area contributed by atoms with Crippen molar-refractivity contribution in [3.63, 3.8) is 0 Å². The zero-order valence-corrected chi connectivity index (χ0v) is 7.18. The standard InChI is InChI=1S/C9H11N3O/c10-8-3-5-12(9(8)13)7-2-1-4-11-6-7/h1-2,4,6,8H,3,5,10H2.